The van der Waals surface area contributed by atoms with Gasteiger partial charge in [-0.2, -0.15) is 0 Å². The van der Waals surface area contributed by atoms with Gasteiger partial charge in [0.2, 0.25) is 5.90 Å². The molecule has 0 aromatic heterocycles. The Hall–Kier alpha value is -0.570. The summed E-state index contributed by atoms with van der Waals surface area (Å²) in [6.07, 6.45) is 4.24. The van der Waals surface area contributed by atoms with E-state index < -0.39 is 5.60 Å². The van der Waals surface area contributed by atoms with Crippen LogP contribution in [0.2, 0.25) is 0 Å². The second kappa shape index (κ2) is 5.50. The number of hydrogen-bond donors (Lipinski definition) is 1. The summed E-state index contributed by atoms with van der Waals surface area (Å²) in [5.41, 5.74) is -0.428. The summed E-state index contributed by atoms with van der Waals surface area (Å²) >= 11 is 0. The smallest absolute Gasteiger partial charge is 0.213 e. The summed E-state index contributed by atoms with van der Waals surface area (Å²) in [6, 6.07) is 0. The third-order valence-electron chi connectivity index (χ3n) is 3.08. The standard InChI is InChI=1S/C12H23NO2/c1-4-14-11(13)12(15-5-2)8-6-7-10(3)9-12/h10,13H,4-9H2,1-3H3. The first kappa shape index (κ1) is 12.5. The average molecular weight is 213 g/mol. The molecule has 88 valence electrons. The van der Waals surface area contributed by atoms with Crippen LogP contribution in [0.1, 0.15) is 46.5 Å². The van der Waals surface area contributed by atoms with Gasteiger partial charge in [0, 0.05) is 6.61 Å². The van der Waals surface area contributed by atoms with Gasteiger partial charge in [0.15, 0.2) is 0 Å². The van der Waals surface area contributed by atoms with E-state index in [4.69, 9.17) is 14.9 Å². The lowest BCUT2D eigenvalue weighted by Gasteiger charge is -2.39. The van der Waals surface area contributed by atoms with E-state index in [-0.39, 0.29) is 0 Å². The van der Waals surface area contributed by atoms with E-state index >= 15 is 0 Å². The highest BCUT2D eigenvalue weighted by molar-refractivity contribution is 5.82. The van der Waals surface area contributed by atoms with Crippen molar-refractivity contribution in [3.63, 3.8) is 0 Å². The first-order valence-electron chi connectivity index (χ1n) is 6.00. The van der Waals surface area contributed by atoms with Crippen molar-refractivity contribution in [3.8, 4) is 0 Å². The quantitative estimate of drug-likeness (QED) is 0.576. The molecule has 0 amide bonds. The van der Waals surface area contributed by atoms with Crippen LogP contribution in [0, 0.1) is 11.3 Å². The van der Waals surface area contributed by atoms with Gasteiger partial charge in [-0.15, -0.1) is 0 Å². The fraction of sp³-hybridized carbons (Fsp3) is 0.917. The summed E-state index contributed by atoms with van der Waals surface area (Å²) in [4.78, 5) is 0. The molecule has 0 aromatic rings. The van der Waals surface area contributed by atoms with Crippen LogP contribution in [0.4, 0.5) is 0 Å². The first-order chi connectivity index (χ1) is 7.14. The van der Waals surface area contributed by atoms with Crippen LogP contribution in [0.15, 0.2) is 0 Å². The van der Waals surface area contributed by atoms with Crippen molar-refractivity contribution in [1.82, 2.24) is 0 Å². The third kappa shape index (κ3) is 2.94. The van der Waals surface area contributed by atoms with Crippen LogP contribution in [-0.4, -0.2) is 24.7 Å². The summed E-state index contributed by atoms with van der Waals surface area (Å²) in [6.45, 7) is 7.34. The Bertz CT molecular complexity index is 214. The van der Waals surface area contributed by atoms with Crippen molar-refractivity contribution < 1.29 is 9.47 Å². The molecule has 1 fully saturated rings. The zero-order valence-corrected chi connectivity index (χ0v) is 10.1. The molecule has 2 atom stereocenters. The molecule has 3 nitrogen and oxygen atoms in total. The maximum atomic E-state index is 7.98. The fourth-order valence-electron chi connectivity index (χ4n) is 2.46. The minimum atomic E-state index is -0.428. The number of rotatable bonds is 4. The van der Waals surface area contributed by atoms with E-state index in [0.717, 1.165) is 19.3 Å². The largest absolute Gasteiger partial charge is 0.479 e. The van der Waals surface area contributed by atoms with E-state index in [2.05, 4.69) is 6.92 Å². The number of hydrogen-bond acceptors (Lipinski definition) is 3. The zero-order valence-electron chi connectivity index (χ0n) is 10.1. The lowest BCUT2D eigenvalue weighted by atomic mass is 9.78. The molecule has 1 rings (SSSR count). The molecule has 2 unspecified atom stereocenters. The topological polar surface area (TPSA) is 42.3 Å². The Morgan fingerprint density at radius 1 is 1.40 bits per heavy atom. The Kier molecular flexibility index (Phi) is 4.58. The molecule has 0 spiro atoms. The summed E-state index contributed by atoms with van der Waals surface area (Å²) in [5.74, 6) is 0.963. The lowest BCUT2D eigenvalue weighted by molar-refractivity contribution is -0.0401. The molecule has 1 saturated carbocycles. The van der Waals surface area contributed by atoms with Crippen molar-refractivity contribution in [1.29, 1.82) is 5.41 Å². The van der Waals surface area contributed by atoms with Gasteiger partial charge in [-0.25, -0.2) is 0 Å². The number of ether oxygens (including phenoxy) is 2. The summed E-state index contributed by atoms with van der Waals surface area (Å²) in [5, 5.41) is 7.98. The van der Waals surface area contributed by atoms with Crippen LogP contribution in [0.3, 0.4) is 0 Å². The van der Waals surface area contributed by atoms with Crippen molar-refractivity contribution in [2.24, 2.45) is 5.92 Å². The Labute approximate surface area is 92.7 Å². The first-order valence-corrected chi connectivity index (χ1v) is 6.00. The summed E-state index contributed by atoms with van der Waals surface area (Å²) < 4.78 is 11.1. The Balaban J connectivity index is 2.72. The van der Waals surface area contributed by atoms with Crippen LogP contribution in [0.5, 0.6) is 0 Å². The van der Waals surface area contributed by atoms with Gasteiger partial charge in [-0.3, -0.25) is 5.41 Å². The van der Waals surface area contributed by atoms with Gasteiger partial charge in [0.25, 0.3) is 0 Å². The molecule has 1 N–H and O–H groups in total. The Morgan fingerprint density at radius 3 is 2.67 bits per heavy atom. The van der Waals surface area contributed by atoms with Gasteiger partial charge in [0.05, 0.1) is 6.61 Å². The molecular weight excluding hydrogens is 190 g/mol. The Morgan fingerprint density at radius 2 is 2.13 bits per heavy atom. The van der Waals surface area contributed by atoms with Crippen molar-refractivity contribution in [2.45, 2.75) is 52.1 Å². The predicted octanol–water partition coefficient (Wildman–Crippen LogP) is 2.99. The predicted molar refractivity (Wildman–Crippen MR) is 61.3 cm³/mol. The minimum absolute atomic E-state index is 0.332. The van der Waals surface area contributed by atoms with E-state index in [1.165, 1.54) is 6.42 Å². The highest BCUT2D eigenvalue weighted by Gasteiger charge is 2.41. The maximum absolute atomic E-state index is 7.98. The molecule has 1 aliphatic rings. The highest BCUT2D eigenvalue weighted by Crippen LogP contribution is 2.36. The second-order valence-corrected chi connectivity index (χ2v) is 4.39. The zero-order chi connectivity index (χ0) is 11.3. The highest BCUT2D eigenvalue weighted by atomic mass is 16.5. The van der Waals surface area contributed by atoms with Crippen LogP contribution in [0.25, 0.3) is 0 Å². The molecule has 15 heavy (non-hydrogen) atoms. The molecule has 0 aromatic carbocycles. The van der Waals surface area contributed by atoms with Gasteiger partial charge in [-0.1, -0.05) is 13.3 Å². The van der Waals surface area contributed by atoms with Crippen LogP contribution < -0.4 is 0 Å². The van der Waals surface area contributed by atoms with E-state index in [1.807, 2.05) is 13.8 Å². The molecule has 1 aliphatic carbocycles. The molecule has 0 saturated heterocycles. The average Bonchev–Trinajstić information content (AvgIpc) is 2.18. The number of nitrogens with one attached hydrogen (secondary N) is 1. The SMILES string of the molecule is CCOC(=N)C1(OCC)CCCC(C)C1. The summed E-state index contributed by atoms with van der Waals surface area (Å²) in [7, 11) is 0. The fourth-order valence-corrected chi connectivity index (χ4v) is 2.46. The van der Waals surface area contributed by atoms with Crippen LogP contribution >= 0.6 is 0 Å². The lowest BCUT2D eigenvalue weighted by Crippen LogP contribution is -2.46. The van der Waals surface area contributed by atoms with Crippen LogP contribution in [-0.2, 0) is 9.47 Å². The monoisotopic (exact) mass is 213 g/mol. The van der Waals surface area contributed by atoms with E-state index in [0.29, 0.717) is 25.0 Å². The second-order valence-electron chi connectivity index (χ2n) is 4.39. The molecule has 3 heteroatoms. The molecular formula is C12H23NO2. The molecule has 0 aliphatic heterocycles. The molecule has 0 bridgehead atoms. The van der Waals surface area contributed by atoms with E-state index in [9.17, 15) is 0 Å². The van der Waals surface area contributed by atoms with Crippen molar-refractivity contribution in [2.75, 3.05) is 13.2 Å². The van der Waals surface area contributed by atoms with Crippen molar-refractivity contribution in [3.05, 3.63) is 0 Å². The van der Waals surface area contributed by atoms with Crippen molar-refractivity contribution >= 4 is 5.90 Å². The van der Waals surface area contributed by atoms with Gasteiger partial charge in [-0.05, 0) is 39.0 Å². The minimum Gasteiger partial charge on any atom is -0.479 e. The third-order valence-corrected chi connectivity index (χ3v) is 3.08. The van der Waals surface area contributed by atoms with Gasteiger partial charge < -0.3 is 9.47 Å². The normalized spacial score (nSPS) is 31.3. The van der Waals surface area contributed by atoms with Gasteiger partial charge in [0.1, 0.15) is 5.60 Å². The van der Waals surface area contributed by atoms with E-state index in [1.54, 1.807) is 0 Å². The molecule has 0 radical (unpaired) electrons. The van der Waals surface area contributed by atoms with Gasteiger partial charge >= 0.3 is 0 Å². The maximum Gasteiger partial charge on any atom is 0.213 e. The molecule has 0 heterocycles.